The standard InChI is InChI=1S/C16H20ClFN2O/c1-10-14(11(2)20(3)19-10)6-5-13(21)8-12-4-7-15(17)16(18)9-12/h4,7,9,13,21H,5-6,8H2,1-3H3. The maximum absolute atomic E-state index is 13.4. The SMILES string of the molecule is Cc1nn(C)c(C)c1CCC(O)Cc1ccc(Cl)c(F)c1. The van der Waals surface area contributed by atoms with Crippen LogP contribution in [-0.4, -0.2) is 21.0 Å². The molecule has 0 amide bonds. The highest BCUT2D eigenvalue weighted by atomic mass is 35.5. The van der Waals surface area contributed by atoms with Crippen LogP contribution >= 0.6 is 11.6 Å². The Bertz CT molecular complexity index is 639. The Balaban J connectivity index is 1.95. The lowest BCUT2D eigenvalue weighted by Gasteiger charge is -2.11. The van der Waals surface area contributed by atoms with Crippen LogP contribution in [0.4, 0.5) is 4.39 Å². The van der Waals surface area contributed by atoms with Crippen LogP contribution in [0, 0.1) is 19.7 Å². The smallest absolute Gasteiger partial charge is 0.142 e. The van der Waals surface area contributed by atoms with E-state index >= 15 is 0 Å². The Hall–Kier alpha value is -1.39. The summed E-state index contributed by atoms with van der Waals surface area (Å²) in [6, 6.07) is 4.65. The first-order valence-electron chi connectivity index (χ1n) is 6.99. The molecule has 0 spiro atoms. The highest BCUT2D eigenvalue weighted by Crippen LogP contribution is 2.19. The molecule has 1 aromatic heterocycles. The van der Waals surface area contributed by atoms with Crippen molar-refractivity contribution in [1.29, 1.82) is 0 Å². The summed E-state index contributed by atoms with van der Waals surface area (Å²) in [5.41, 5.74) is 4.06. The number of aromatic nitrogens is 2. The summed E-state index contributed by atoms with van der Waals surface area (Å²) in [6.07, 6.45) is 1.30. The first-order valence-corrected chi connectivity index (χ1v) is 7.37. The first-order chi connectivity index (χ1) is 9.88. The molecule has 1 aromatic carbocycles. The summed E-state index contributed by atoms with van der Waals surface area (Å²) in [5.74, 6) is -0.444. The summed E-state index contributed by atoms with van der Waals surface area (Å²) >= 11 is 5.65. The van der Waals surface area contributed by atoms with Gasteiger partial charge in [0.1, 0.15) is 5.82 Å². The first kappa shape index (κ1) is 16.0. The summed E-state index contributed by atoms with van der Waals surface area (Å²) in [6.45, 7) is 4.00. The Morgan fingerprint density at radius 2 is 2.10 bits per heavy atom. The zero-order chi connectivity index (χ0) is 15.6. The largest absolute Gasteiger partial charge is 0.393 e. The number of hydrogen-bond acceptors (Lipinski definition) is 2. The van der Waals surface area contributed by atoms with E-state index in [2.05, 4.69) is 5.10 Å². The molecule has 2 aromatic rings. The summed E-state index contributed by atoms with van der Waals surface area (Å²) in [4.78, 5) is 0. The third-order valence-electron chi connectivity index (χ3n) is 3.84. The quantitative estimate of drug-likeness (QED) is 0.919. The highest BCUT2D eigenvalue weighted by Gasteiger charge is 2.13. The van der Waals surface area contributed by atoms with E-state index in [1.165, 1.54) is 17.7 Å². The predicted molar refractivity (Wildman–Crippen MR) is 82.1 cm³/mol. The van der Waals surface area contributed by atoms with Crippen LogP contribution < -0.4 is 0 Å². The molecule has 0 bridgehead atoms. The Labute approximate surface area is 129 Å². The van der Waals surface area contributed by atoms with Crippen LogP contribution in [-0.2, 0) is 19.9 Å². The van der Waals surface area contributed by atoms with Gasteiger partial charge < -0.3 is 5.11 Å². The second-order valence-corrected chi connectivity index (χ2v) is 5.83. The minimum absolute atomic E-state index is 0.106. The molecule has 1 heterocycles. The van der Waals surface area contributed by atoms with Gasteiger partial charge in [0.2, 0.25) is 0 Å². The fourth-order valence-corrected chi connectivity index (χ4v) is 2.65. The lowest BCUT2D eigenvalue weighted by atomic mass is 10.0. The van der Waals surface area contributed by atoms with E-state index in [1.807, 2.05) is 25.6 Å². The molecule has 0 aliphatic carbocycles. The van der Waals surface area contributed by atoms with Gasteiger partial charge in [0.25, 0.3) is 0 Å². The Morgan fingerprint density at radius 3 is 2.67 bits per heavy atom. The van der Waals surface area contributed by atoms with Gasteiger partial charge in [-0.05, 0) is 56.4 Å². The molecule has 0 saturated heterocycles. The lowest BCUT2D eigenvalue weighted by molar-refractivity contribution is 0.165. The van der Waals surface area contributed by atoms with Crippen LogP contribution in [0.3, 0.4) is 0 Å². The van der Waals surface area contributed by atoms with Gasteiger partial charge in [-0.2, -0.15) is 5.10 Å². The number of rotatable bonds is 5. The van der Waals surface area contributed by atoms with Crippen molar-refractivity contribution in [2.45, 2.75) is 39.2 Å². The number of benzene rings is 1. The van der Waals surface area contributed by atoms with Crippen molar-refractivity contribution in [1.82, 2.24) is 9.78 Å². The van der Waals surface area contributed by atoms with Gasteiger partial charge in [0.05, 0.1) is 16.8 Å². The van der Waals surface area contributed by atoms with Gasteiger partial charge in [-0.15, -0.1) is 0 Å². The van der Waals surface area contributed by atoms with Gasteiger partial charge in [-0.3, -0.25) is 4.68 Å². The van der Waals surface area contributed by atoms with E-state index < -0.39 is 11.9 Å². The van der Waals surface area contributed by atoms with Crippen LogP contribution in [0.2, 0.25) is 5.02 Å². The topological polar surface area (TPSA) is 38.0 Å². The Kier molecular flexibility index (Phi) is 5.01. The molecular weight excluding hydrogens is 291 g/mol. The molecular formula is C16H20ClFN2O. The van der Waals surface area contributed by atoms with Crippen molar-refractivity contribution in [3.8, 4) is 0 Å². The summed E-state index contributed by atoms with van der Waals surface area (Å²) in [5, 5.41) is 14.6. The average molecular weight is 311 g/mol. The third kappa shape index (κ3) is 3.83. The molecule has 1 unspecified atom stereocenters. The number of halogens is 2. The van der Waals surface area contributed by atoms with Gasteiger partial charge in [0.15, 0.2) is 0 Å². The Morgan fingerprint density at radius 1 is 1.38 bits per heavy atom. The molecule has 0 aliphatic heterocycles. The molecule has 3 nitrogen and oxygen atoms in total. The van der Waals surface area contributed by atoms with E-state index in [1.54, 1.807) is 6.07 Å². The van der Waals surface area contributed by atoms with Crippen LogP contribution in [0.15, 0.2) is 18.2 Å². The van der Waals surface area contributed by atoms with E-state index in [-0.39, 0.29) is 5.02 Å². The number of nitrogens with zero attached hydrogens (tertiary/aromatic N) is 2. The fraction of sp³-hybridized carbons (Fsp3) is 0.438. The van der Waals surface area contributed by atoms with Gasteiger partial charge in [-0.1, -0.05) is 17.7 Å². The second kappa shape index (κ2) is 6.58. The zero-order valence-corrected chi connectivity index (χ0v) is 13.3. The molecule has 1 atom stereocenters. The van der Waals surface area contributed by atoms with Crippen LogP contribution in [0.1, 0.15) is 28.9 Å². The molecule has 0 radical (unpaired) electrons. The predicted octanol–water partition coefficient (Wildman–Crippen LogP) is 3.37. The van der Waals surface area contributed by atoms with Crippen molar-refractivity contribution in [3.63, 3.8) is 0 Å². The average Bonchev–Trinajstić information content (AvgIpc) is 2.66. The van der Waals surface area contributed by atoms with Crippen molar-refractivity contribution < 1.29 is 9.50 Å². The molecule has 0 fully saturated rings. The van der Waals surface area contributed by atoms with Crippen LogP contribution in [0.5, 0.6) is 0 Å². The van der Waals surface area contributed by atoms with Crippen molar-refractivity contribution in [3.05, 3.63) is 51.6 Å². The molecule has 114 valence electrons. The van der Waals surface area contributed by atoms with Crippen molar-refractivity contribution in [2.24, 2.45) is 7.05 Å². The molecule has 21 heavy (non-hydrogen) atoms. The zero-order valence-electron chi connectivity index (χ0n) is 12.5. The highest BCUT2D eigenvalue weighted by molar-refractivity contribution is 6.30. The normalized spacial score (nSPS) is 12.7. The van der Waals surface area contributed by atoms with Crippen molar-refractivity contribution in [2.75, 3.05) is 0 Å². The number of aliphatic hydroxyl groups is 1. The minimum Gasteiger partial charge on any atom is -0.393 e. The van der Waals surface area contributed by atoms with Crippen molar-refractivity contribution >= 4 is 11.6 Å². The molecule has 1 N–H and O–H groups in total. The molecule has 0 aliphatic rings. The molecule has 2 rings (SSSR count). The van der Waals surface area contributed by atoms with Gasteiger partial charge >= 0.3 is 0 Å². The van der Waals surface area contributed by atoms with E-state index in [0.29, 0.717) is 12.8 Å². The van der Waals surface area contributed by atoms with Crippen LogP contribution in [0.25, 0.3) is 0 Å². The second-order valence-electron chi connectivity index (χ2n) is 5.42. The maximum Gasteiger partial charge on any atom is 0.142 e. The van der Waals surface area contributed by atoms with Gasteiger partial charge in [-0.25, -0.2) is 4.39 Å². The fourth-order valence-electron chi connectivity index (χ4n) is 2.53. The summed E-state index contributed by atoms with van der Waals surface area (Å²) < 4.78 is 15.2. The molecule has 0 saturated carbocycles. The number of aliphatic hydroxyl groups excluding tert-OH is 1. The van der Waals surface area contributed by atoms with E-state index in [9.17, 15) is 9.50 Å². The summed E-state index contributed by atoms with van der Waals surface area (Å²) in [7, 11) is 1.92. The molecule has 5 heteroatoms. The lowest BCUT2D eigenvalue weighted by Crippen LogP contribution is -2.12. The maximum atomic E-state index is 13.4. The minimum atomic E-state index is -0.510. The van der Waals surface area contributed by atoms with Gasteiger partial charge in [0, 0.05) is 12.7 Å². The van der Waals surface area contributed by atoms with E-state index in [4.69, 9.17) is 11.6 Å². The number of aryl methyl sites for hydroxylation is 2. The third-order valence-corrected chi connectivity index (χ3v) is 4.15. The van der Waals surface area contributed by atoms with E-state index in [0.717, 1.165) is 23.4 Å². The number of hydrogen-bond donors (Lipinski definition) is 1. The monoisotopic (exact) mass is 310 g/mol.